The summed E-state index contributed by atoms with van der Waals surface area (Å²) in [4.78, 5) is 8.66. The smallest absolute Gasteiger partial charge is 0.180 e. The van der Waals surface area contributed by atoms with Crippen LogP contribution in [0.3, 0.4) is 0 Å². The van der Waals surface area contributed by atoms with E-state index >= 15 is 0 Å². The Hall–Kier alpha value is -2.14. The molecule has 0 bridgehead atoms. The zero-order valence-electron chi connectivity index (χ0n) is 9.65. The molecule has 90 valence electrons. The summed E-state index contributed by atoms with van der Waals surface area (Å²) in [6, 6.07) is 10.1. The first-order chi connectivity index (χ1) is 8.83. The van der Waals surface area contributed by atoms with E-state index in [2.05, 4.69) is 14.5 Å². The number of rotatable bonds is 3. The number of nitrogens with zero attached hydrogens (tertiary/aromatic N) is 3. The molecule has 1 aromatic carbocycles. The maximum Gasteiger partial charge on any atom is 0.180 e. The molecule has 5 heteroatoms. The number of anilines is 1. The molecule has 2 heterocycles. The van der Waals surface area contributed by atoms with Crippen molar-refractivity contribution in [3.8, 4) is 11.4 Å². The third-order valence-corrected chi connectivity index (χ3v) is 3.37. The van der Waals surface area contributed by atoms with Crippen molar-refractivity contribution in [3.63, 3.8) is 0 Å². The van der Waals surface area contributed by atoms with Gasteiger partial charge in [0.05, 0.1) is 12.2 Å². The van der Waals surface area contributed by atoms with Crippen LogP contribution in [0.15, 0.2) is 48.1 Å². The lowest BCUT2D eigenvalue weighted by Crippen LogP contribution is -2.01. The molecule has 0 saturated carbocycles. The van der Waals surface area contributed by atoms with E-state index in [0.717, 1.165) is 17.1 Å². The van der Waals surface area contributed by atoms with E-state index in [-0.39, 0.29) is 0 Å². The van der Waals surface area contributed by atoms with Gasteiger partial charge in [0.2, 0.25) is 0 Å². The van der Waals surface area contributed by atoms with Gasteiger partial charge < -0.3 is 10.3 Å². The number of nitrogen functional groups attached to an aromatic ring is 1. The predicted molar refractivity (Wildman–Crippen MR) is 73.3 cm³/mol. The summed E-state index contributed by atoms with van der Waals surface area (Å²) in [6.07, 6.45) is 3.76. The Bertz CT molecular complexity index is 642. The minimum Gasteiger partial charge on any atom is -0.375 e. The summed E-state index contributed by atoms with van der Waals surface area (Å²) in [5, 5.41) is 2.58. The highest BCUT2D eigenvalue weighted by molar-refractivity contribution is 7.13. The van der Waals surface area contributed by atoms with Crippen molar-refractivity contribution in [2.75, 3.05) is 5.73 Å². The summed E-state index contributed by atoms with van der Waals surface area (Å²) in [6.45, 7) is 0.692. The number of imidazole rings is 1. The van der Waals surface area contributed by atoms with Crippen molar-refractivity contribution in [2.45, 2.75) is 6.54 Å². The Labute approximate surface area is 109 Å². The fraction of sp³-hybridized carbons (Fsp3) is 0.0769. The highest BCUT2D eigenvalue weighted by Gasteiger charge is 2.07. The van der Waals surface area contributed by atoms with Gasteiger partial charge in [-0.1, -0.05) is 30.3 Å². The van der Waals surface area contributed by atoms with Crippen LogP contribution in [0, 0.1) is 0 Å². The number of benzene rings is 1. The second-order valence-corrected chi connectivity index (χ2v) is 4.81. The van der Waals surface area contributed by atoms with Crippen LogP contribution in [0.5, 0.6) is 0 Å². The van der Waals surface area contributed by atoms with Crippen molar-refractivity contribution in [1.29, 1.82) is 0 Å². The quantitative estimate of drug-likeness (QED) is 0.783. The van der Waals surface area contributed by atoms with E-state index in [1.807, 2.05) is 41.9 Å². The fourth-order valence-electron chi connectivity index (χ4n) is 1.85. The molecule has 0 saturated heterocycles. The first kappa shape index (κ1) is 11.0. The van der Waals surface area contributed by atoms with Crippen molar-refractivity contribution in [3.05, 3.63) is 53.8 Å². The monoisotopic (exact) mass is 256 g/mol. The average Bonchev–Trinajstić information content (AvgIpc) is 3.00. The molecule has 0 amide bonds. The zero-order valence-corrected chi connectivity index (χ0v) is 10.5. The Morgan fingerprint density at radius 2 is 2.06 bits per heavy atom. The Morgan fingerprint density at radius 3 is 2.78 bits per heavy atom. The average molecular weight is 256 g/mol. The molecular formula is C13H12N4S. The molecule has 18 heavy (non-hydrogen) atoms. The lowest BCUT2D eigenvalue weighted by atomic mass is 10.2. The summed E-state index contributed by atoms with van der Waals surface area (Å²) >= 11 is 1.46. The Balaban J connectivity index is 1.93. The first-order valence-electron chi connectivity index (χ1n) is 5.59. The van der Waals surface area contributed by atoms with Gasteiger partial charge in [0.15, 0.2) is 5.13 Å². The van der Waals surface area contributed by atoms with Gasteiger partial charge in [-0.05, 0) is 0 Å². The Morgan fingerprint density at radius 1 is 1.22 bits per heavy atom. The van der Waals surface area contributed by atoms with Crippen LogP contribution in [0.1, 0.15) is 5.69 Å². The number of thiazole rings is 1. The maximum absolute atomic E-state index is 5.64. The number of nitrogens with two attached hydrogens (primary N) is 1. The van der Waals surface area contributed by atoms with Gasteiger partial charge in [-0.2, -0.15) is 0 Å². The minimum atomic E-state index is 0.603. The van der Waals surface area contributed by atoms with Crippen LogP contribution in [-0.2, 0) is 6.54 Å². The largest absolute Gasteiger partial charge is 0.375 e. The van der Waals surface area contributed by atoms with Crippen LogP contribution in [0.2, 0.25) is 0 Å². The molecule has 0 fully saturated rings. The van der Waals surface area contributed by atoms with Crippen LogP contribution < -0.4 is 5.73 Å². The third-order valence-electron chi connectivity index (χ3n) is 2.65. The second-order valence-electron chi connectivity index (χ2n) is 3.92. The van der Waals surface area contributed by atoms with Crippen molar-refractivity contribution < 1.29 is 0 Å². The van der Waals surface area contributed by atoms with E-state index in [9.17, 15) is 0 Å². The molecule has 3 rings (SSSR count). The molecule has 0 aliphatic heterocycles. The molecule has 0 spiro atoms. The second kappa shape index (κ2) is 4.62. The lowest BCUT2D eigenvalue weighted by Gasteiger charge is -2.05. The van der Waals surface area contributed by atoms with Crippen LogP contribution in [-0.4, -0.2) is 14.5 Å². The molecule has 2 N–H and O–H groups in total. The van der Waals surface area contributed by atoms with Crippen molar-refractivity contribution >= 4 is 16.5 Å². The van der Waals surface area contributed by atoms with Gasteiger partial charge in [-0.15, -0.1) is 11.3 Å². The number of hydrogen-bond donors (Lipinski definition) is 1. The Kier molecular flexibility index (Phi) is 2.82. The van der Waals surface area contributed by atoms with Gasteiger partial charge in [0.25, 0.3) is 0 Å². The molecule has 2 aromatic heterocycles. The summed E-state index contributed by atoms with van der Waals surface area (Å²) in [5.41, 5.74) is 7.71. The van der Waals surface area contributed by atoms with Crippen LogP contribution >= 0.6 is 11.3 Å². The van der Waals surface area contributed by atoms with E-state index in [1.165, 1.54) is 11.3 Å². The number of aromatic nitrogens is 3. The first-order valence-corrected chi connectivity index (χ1v) is 6.47. The predicted octanol–water partition coefficient (Wildman–Crippen LogP) is 2.64. The van der Waals surface area contributed by atoms with Crippen LogP contribution in [0.4, 0.5) is 5.13 Å². The number of hydrogen-bond acceptors (Lipinski definition) is 4. The minimum absolute atomic E-state index is 0.603. The topological polar surface area (TPSA) is 56.7 Å². The van der Waals surface area contributed by atoms with Gasteiger partial charge in [0.1, 0.15) is 5.82 Å². The molecule has 0 radical (unpaired) electrons. The summed E-state index contributed by atoms with van der Waals surface area (Å²) in [7, 11) is 0. The molecule has 0 atom stereocenters. The van der Waals surface area contributed by atoms with Gasteiger partial charge in [-0.3, -0.25) is 0 Å². The maximum atomic E-state index is 5.64. The molecule has 4 nitrogen and oxygen atoms in total. The van der Waals surface area contributed by atoms with E-state index in [0.29, 0.717) is 11.7 Å². The van der Waals surface area contributed by atoms with Gasteiger partial charge >= 0.3 is 0 Å². The van der Waals surface area contributed by atoms with Crippen LogP contribution in [0.25, 0.3) is 11.4 Å². The molecular weight excluding hydrogens is 244 g/mol. The SMILES string of the molecule is Nc1nc(Cn2ccnc2-c2ccccc2)cs1. The molecule has 0 aliphatic rings. The summed E-state index contributed by atoms with van der Waals surface area (Å²) in [5.74, 6) is 0.946. The van der Waals surface area contributed by atoms with Gasteiger partial charge in [-0.25, -0.2) is 9.97 Å². The molecule has 3 aromatic rings. The van der Waals surface area contributed by atoms with E-state index in [4.69, 9.17) is 5.73 Å². The van der Waals surface area contributed by atoms with Gasteiger partial charge in [0, 0.05) is 23.3 Å². The highest BCUT2D eigenvalue weighted by atomic mass is 32.1. The lowest BCUT2D eigenvalue weighted by molar-refractivity contribution is 0.789. The summed E-state index contributed by atoms with van der Waals surface area (Å²) < 4.78 is 2.07. The fourth-order valence-corrected chi connectivity index (χ4v) is 2.41. The van der Waals surface area contributed by atoms with Crippen molar-refractivity contribution in [2.24, 2.45) is 0 Å². The molecule has 0 aliphatic carbocycles. The van der Waals surface area contributed by atoms with Crippen molar-refractivity contribution in [1.82, 2.24) is 14.5 Å². The normalized spacial score (nSPS) is 10.7. The standard InChI is InChI=1S/C13H12N4S/c14-13-16-11(9-18-13)8-17-7-6-15-12(17)10-4-2-1-3-5-10/h1-7,9H,8H2,(H2,14,16). The van der Waals surface area contributed by atoms with E-state index in [1.54, 1.807) is 6.20 Å². The molecule has 0 unspecified atom stereocenters. The third kappa shape index (κ3) is 2.12. The van der Waals surface area contributed by atoms with E-state index < -0.39 is 0 Å². The zero-order chi connectivity index (χ0) is 12.4. The highest BCUT2D eigenvalue weighted by Crippen LogP contribution is 2.19.